The Morgan fingerprint density at radius 2 is 2.06 bits per heavy atom. The van der Waals surface area contributed by atoms with Gasteiger partial charge in [-0.1, -0.05) is 31.9 Å². The number of hydrogen-bond acceptors (Lipinski definition) is 1. The zero-order valence-electron chi connectivity index (χ0n) is 9.60. The second kappa shape index (κ2) is 5.32. The van der Waals surface area contributed by atoms with Crippen LogP contribution in [0.1, 0.15) is 29.8 Å². The SMILES string of the molecule is Cc1cc(Br)ccc1C(=O)NC(C)(C)CBr. The third-order valence-electron chi connectivity index (χ3n) is 2.22. The van der Waals surface area contributed by atoms with E-state index < -0.39 is 0 Å². The average molecular weight is 349 g/mol. The third-order valence-corrected chi connectivity index (χ3v) is 4.11. The van der Waals surface area contributed by atoms with Crippen molar-refractivity contribution < 1.29 is 4.79 Å². The van der Waals surface area contributed by atoms with Crippen LogP contribution in [0.2, 0.25) is 0 Å². The first-order valence-electron chi connectivity index (χ1n) is 5.00. The summed E-state index contributed by atoms with van der Waals surface area (Å²) in [5.41, 5.74) is 1.45. The van der Waals surface area contributed by atoms with Gasteiger partial charge in [-0.25, -0.2) is 0 Å². The maximum absolute atomic E-state index is 12.0. The minimum absolute atomic E-state index is 0.0329. The van der Waals surface area contributed by atoms with Crippen LogP contribution in [0.5, 0.6) is 0 Å². The largest absolute Gasteiger partial charge is 0.346 e. The van der Waals surface area contributed by atoms with E-state index >= 15 is 0 Å². The van der Waals surface area contributed by atoms with Crippen LogP contribution in [-0.2, 0) is 0 Å². The van der Waals surface area contributed by atoms with Gasteiger partial charge in [-0.15, -0.1) is 0 Å². The lowest BCUT2D eigenvalue weighted by molar-refractivity contribution is 0.0920. The average Bonchev–Trinajstić information content (AvgIpc) is 2.16. The first-order valence-corrected chi connectivity index (χ1v) is 6.92. The summed E-state index contributed by atoms with van der Waals surface area (Å²) < 4.78 is 0.987. The van der Waals surface area contributed by atoms with Crippen LogP contribution in [0.25, 0.3) is 0 Å². The molecule has 0 aromatic heterocycles. The lowest BCUT2D eigenvalue weighted by Gasteiger charge is -2.24. The molecule has 1 rings (SSSR count). The molecule has 2 nitrogen and oxygen atoms in total. The fourth-order valence-corrected chi connectivity index (χ4v) is 1.91. The summed E-state index contributed by atoms with van der Waals surface area (Å²) in [7, 11) is 0. The van der Waals surface area contributed by atoms with Gasteiger partial charge in [-0.3, -0.25) is 4.79 Å². The second-order valence-electron chi connectivity index (χ2n) is 4.43. The highest BCUT2D eigenvalue weighted by atomic mass is 79.9. The highest BCUT2D eigenvalue weighted by Crippen LogP contribution is 2.17. The topological polar surface area (TPSA) is 29.1 Å². The number of hydrogen-bond donors (Lipinski definition) is 1. The number of nitrogens with one attached hydrogen (secondary N) is 1. The maximum atomic E-state index is 12.0. The zero-order valence-corrected chi connectivity index (χ0v) is 12.8. The van der Waals surface area contributed by atoms with Crippen LogP contribution >= 0.6 is 31.9 Å². The molecule has 1 N–H and O–H groups in total. The van der Waals surface area contributed by atoms with Crippen molar-refractivity contribution in [1.29, 1.82) is 0 Å². The number of aryl methyl sites for hydroxylation is 1. The second-order valence-corrected chi connectivity index (χ2v) is 5.91. The van der Waals surface area contributed by atoms with Gasteiger partial charge in [0.05, 0.1) is 0 Å². The summed E-state index contributed by atoms with van der Waals surface area (Å²) >= 11 is 6.76. The van der Waals surface area contributed by atoms with Crippen molar-refractivity contribution in [2.24, 2.45) is 0 Å². The van der Waals surface area contributed by atoms with Crippen molar-refractivity contribution in [2.45, 2.75) is 26.3 Å². The van der Waals surface area contributed by atoms with Crippen molar-refractivity contribution >= 4 is 37.8 Å². The van der Waals surface area contributed by atoms with Gasteiger partial charge < -0.3 is 5.32 Å². The highest BCUT2D eigenvalue weighted by Gasteiger charge is 2.20. The summed E-state index contributed by atoms with van der Waals surface area (Å²) in [6.07, 6.45) is 0. The standard InChI is InChI=1S/C12H15Br2NO/c1-8-6-9(14)4-5-10(8)11(16)15-12(2,3)7-13/h4-6H,7H2,1-3H3,(H,15,16). The first kappa shape index (κ1) is 13.7. The molecule has 88 valence electrons. The minimum atomic E-state index is -0.239. The quantitative estimate of drug-likeness (QED) is 0.830. The third kappa shape index (κ3) is 3.59. The molecule has 0 atom stereocenters. The molecule has 0 saturated carbocycles. The molecule has 0 spiro atoms. The van der Waals surface area contributed by atoms with Crippen molar-refractivity contribution in [3.8, 4) is 0 Å². The van der Waals surface area contributed by atoms with E-state index in [1.807, 2.05) is 39.0 Å². The van der Waals surface area contributed by atoms with Crippen LogP contribution in [0.3, 0.4) is 0 Å². The van der Waals surface area contributed by atoms with Crippen LogP contribution in [0.4, 0.5) is 0 Å². The molecule has 0 aliphatic heterocycles. The number of carbonyl (C=O) groups excluding carboxylic acids is 1. The normalized spacial score (nSPS) is 11.3. The summed E-state index contributed by atoms with van der Waals surface area (Å²) in [6, 6.07) is 5.65. The molecular formula is C12H15Br2NO. The predicted molar refractivity (Wildman–Crippen MR) is 74.2 cm³/mol. The molecule has 0 aliphatic carbocycles. The molecule has 1 aromatic rings. The van der Waals surface area contributed by atoms with Gasteiger partial charge in [0.1, 0.15) is 0 Å². The molecule has 0 aliphatic rings. The van der Waals surface area contributed by atoms with E-state index in [-0.39, 0.29) is 11.4 Å². The van der Waals surface area contributed by atoms with E-state index in [2.05, 4.69) is 37.2 Å². The highest BCUT2D eigenvalue weighted by molar-refractivity contribution is 9.10. The van der Waals surface area contributed by atoms with Gasteiger partial charge >= 0.3 is 0 Å². The molecule has 0 radical (unpaired) electrons. The molecule has 1 aromatic carbocycles. The Hall–Kier alpha value is -0.350. The Balaban J connectivity index is 2.89. The van der Waals surface area contributed by atoms with Gasteiger partial charge in [-0.05, 0) is 44.5 Å². The fourth-order valence-electron chi connectivity index (χ4n) is 1.29. The Kier molecular flexibility index (Phi) is 4.56. The molecule has 0 saturated heterocycles. The number of halogens is 2. The summed E-state index contributed by atoms with van der Waals surface area (Å²) in [5.74, 6) is -0.0329. The van der Waals surface area contributed by atoms with E-state index in [4.69, 9.17) is 0 Å². The van der Waals surface area contributed by atoms with Gasteiger partial charge in [0.2, 0.25) is 0 Å². The van der Waals surface area contributed by atoms with Crippen molar-refractivity contribution in [1.82, 2.24) is 5.32 Å². The molecule has 0 bridgehead atoms. The van der Waals surface area contributed by atoms with Crippen molar-refractivity contribution in [3.63, 3.8) is 0 Å². The molecule has 16 heavy (non-hydrogen) atoms. The molecule has 0 unspecified atom stereocenters. The monoisotopic (exact) mass is 347 g/mol. The Morgan fingerprint density at radius 3 is 2.56 bits per heavy atom. The van der Waals surface area contributed by atoms with Crippen LogP contribution in [-0.4, -0.2) is 16.8 Å². The molecule has 0 heterocycles. The smallest absolute Gasteiger partial charge is 0.251 e. The first-order chi connectivity index (χ1) is 7.35. The molecule has 0 fully saturated rings. The fraction of sp³-hybridized carbons (Fsp3) is 0.417. The van der Waals surface area contributed by atoms with E-state index in [0.29, 0.717) is 0 Å². The summed E-state index contributed by atoms with van der Waals surface area (Å²) in [5, 5.41) is 3.70. The summed E-state index contributed by atoms with van der Waals surface area (Å²) in [4.78, 5) is 12.0. The van der Waals surface area contributed by atoms with Crippen LogP contribution in [0.15, 0.2) is 22.7 Å². The molecular weight excluding hydrogens is 334 g/mol. The zero-order chi connectivity index (χ0) is 12.3. The molecule has 4 heteroatoms. The number of benzene rings is 1. The number of rotatable bonds is 3. The van der Waals surface area contributed by atoms with E-state index in [9.17, 15) is 4.79 Å². The van der Waals surface area contributed by atoms with E-state index in [1.54, 1.807) is 0 Å². The molecule has 1 amide bonds. The van der Waals surface area contributed by atoms with Crippen LogP contribution < -0.4 is 5.32 Å². The predicted octanol–water partition coefficient (Wildman–Crippen LogP) is 3.66. The number of amides is 1. The maximum Gasteiger partial charge on any atom is 0.251 e. The van der Waals surface area contributed by atoms with Gasteiger partial charge in [0, 0.05) is 20.9 Å². The van der Waals surface area contributed by atoms with Crippen molar-refractivity contribution in [2.75, 3.05) is 5.33 Å². The number of alkyl halides is 1. The van der Waals surface area contributed by atoms with Gasteiger partial charge in [0.15, 0.2) is 0 Å². The van der Waals surface area contributed by atoms with E-state index in [1.165, 1.54) is 0 Å². The lowest BCUT2D eigenvalue weighted by atomic mass is 10.1. The van der Waals surface area contributed by atoms with Crippen LogP contribution in [0, 0.1) is 6.92 Å². The summed E-state index contributed by atoms with van der Waals surface area (Å²) in [6.45, 7) is 5.89. The van der Waals surface area contributed by atoms with Gasteiger partial charge in [-0.2, -0.15) is 0 Å². The Labute approximate surface area is 113 Å². The van der Waals surface area contributed by atoms with E-state index in [0.717, 1.165) is 20.9 Å². The van der Waals surface area contributed by atoms with Gasteiger partial charge in [0.25, 0.3) is 5.91 Å². The minimum Gasteiger partial charge on any atom is -0.346 e. The number of carbonyl (C=O) groups is 1. The van der Waals surface area contributed by atoms with Crippen molar-refractivity contribution in [3.05, 3.63) is 33.8 Å². The lowest BCUT2D eigenvalue weighted by Crippen LogP contribution is -2.44. The Bertz CT molecular complexity index is 402. The Morgan fingerprint density at radius 1 is 1.44 bits per heavy atom.